The minimum absolute atomic E-state index is 0.295. The first kappa shape index (κ1) is 26.3. The highest BCUT2D eigenvalue weighted by molar-refractivity contribution is 7.89. The van der Waals surface area contributed by atoms with E-state index in [-0.39, 0.29) is 6.04 Å². The van der Waals surface area contributed by atoms with Crippen LogP contribution in [0.1, 0.15) is 38.8 Å². The number of hydrogen-bond donors (Lipinski definition) is 0. The van der Waals surface area contributed by atoms with Crippen LogP contribution >= 0.6 is 0 Å². The maximum atomic E-state index is 13.4. The van der Waals surface area contributed by atoms with Crippen molar-refractivity contribution >= 4 is 10.0 Å². The Morgan fingerprint density at radius 3 is 2.06 bits per heavy atom. The molecule has 0 amide bonds. The molecule has 2 aromatic rings. The van der Waals surface area contributed by atoms with Crippen LogP contribution in [0.5, 0.6) is 5.75 Å². The van der Waals surface area contributed by atoms with Crippen LogP contribution in [0.2, 0.25) is 0 Å². The second kappa shape index (κ2) is 12.9. The first-order chi connectivity index (χ1) is 15.3. The van der Waals surface area contributed by atoms with Gasteiger partial charge in [-0.05, 0) is 70.4 Å². The molecule has 0 aliphatic rings. The fraction of sp³-hybridized carbons (Fsp3) is 0.520. The molecule has 0 aliphatic carbocycles. The quantitative estimate of drug-likeness (QED) is 0.396. The molecule has 7 heteroatoms. The molecule has 1 unspecified atom stereocenters. The van der Waals surface area contributed by atoms with Gasteiger partial charge in [0, 0.05) is 25.7 Å². The lowest BCUT2D eigenvalue weighted by atomic mass is 10.1. The summed E-state index contributed by atoms with van der Waals surface area (Å²) >= 11 is 0. The number of likely N-dealkylation sites (N-methyl/N-ethyl adjacent to an activating group) is 1. The number of ether oxygens (including phenoxy) is 1. The fourth-order valence-corrected chi connectivity index (χ4v) is 5.21. The predicted octanol–water partition coefficient (Wildman–Crippen LogP) is 4.11. The minimum Gasteiger partial charge on any atom is -0.494 e. The molecule has 0 aromatic heterocycles. The topological polar surface area (TPSA) is 53.1 Å². The predicted molar refractivity (Wildman–Crippen MR) is 132 cm³/mol. The van der Waals surface area contributed by atoms with E-state index in [1.807, 2.05) is 56.3 Å². The van der Waals surface area contributed by atoms with Crippen molar-refractivity contribution in [1.29, 1.82) is 0 Å². The Kier molecular flexibility index (Phi) is 10.6. The Morgan fingerprint density at radius 2 is 1.50 bits per heavy atom. The van der Waals surface area contributed by atoms with E-state index >= 15 is 0 Å². The molecule has 0 spiro atoms. The molecule has 0 aliphatic heterocycles. The van der Waals surface area contributed by atoms with Crippen LogP contribution in [-0.4, -0.2) is 75.9 Å². The summed E-state index contributed by atoms with van der Waals surface area (Å²) in [4.78, 5) is 4.69. The highest BCUT2D eigenvalue weighted by Crippen LogP contribution is 2.28. The highest BCUT2D eigenvalue weighted by Gasteiger charge is 2.29. The Morgan fingerprint density at radius 1 is 0.875 bits per heavy atom. The summed E-state index contributed by atoms with van der Waals surface area (Å²) < 4.78 is 34.2. The lowest BCUT2D eigenvalue weighted by Crippen LogP contribution is -2.38. The number of sulfonamides is 1. The van der Waals surface area contributed by atoms with Gasteiger partial charge in [-0.1, -0.05) is 44.2 Å². The average molecular weight is 462 g/mol. The summed E-state index contributed by atoms with van der Waals surface area (Å²) in [5, 5.41) is 0. The van der Waals surface area contributed by atoms with E-state index < -0.39 is 10.0 Å². The molecule has 32 heavy (non-hydrogen) atoms. The summed E-state index contributed by atoms with van der Waals surface area (Å²) in [5.74, 6) is 0.811. The lowest BCUT2D eigenvalue weighted by molar-refractivity contribution is 0.249. The van der Waals surface area contributed by atoms with Crippen molar-refractivity contribution in [2.45, 2.75) is 38.1 Å². The molecule has 0 heterocycles. The lowest BCUT2D eigenvalue weighted by Gasteiger charge is -2.30. The maximum absolute atomic E-state index is 13.4. The van der Waals surface area contributed by atoms with Gasteiger partial charge in [0.2, 0.25) is 10.0 Å². The van der Waals surface area contributed by atoms with Gasteiger partial charge < -0.3 is 14.5 Å². The standard InChI is InChI=1S/C25H39N3O3S/c1-6-27(7-2)18-11-21-31-24-16-14-23(15-17-24)22(3)28(20-19-26(4)5)32(29,30)25-12-9-8-10-13-25/h8-10,12-17,22H,6-7,11,18-21H2,1-5H3. The Labute approximate surface area is 194 Å². The minimum atomic E-state index is -3.61. The van der Waals surface area contributed by atoms with E-state index in [0.717, 1.165) is 37.4 Å². The number of benzene rings is 2. The molecule has 178 valence electrons. The third-order valence-corrected chi connectivity index (χ3v) is 7.68. The Balaban J connectivity index is 2.09. The fourth-order valence-electron chi connectivity index (χ4n) is 3.58. The third-order valence-electron chi connectivity index (χ3n) is 5.69. The summed E-state index contributed by atoms with van der Waals surface area (Å²) in [6.45, 7) is 11.1. The van der Waals surface area contributed by atoms with E-state index in [0.29, 0.717) is 24.6 Å². The number of nitrogens with zero attached hydrogens (tertiary/aromatic N) is 3. The molecule has 6 nitrogen and oxygen atoms in total. The summed E-state index contributed by atoms with van der Waals surface area (Å²) in [6, 6.07) is 16.2. The second-order valence-electron chi connectivity index (χ2n) is 8.21. The van der Waals surface area contributed by atoms with E-state index in [1.54, 1.807) is 28.6 Å². The largest absolute Gasteiger partial charge is 0.494 e. The monoisotopic (exact) mass is 461 g/mol. The van der Waals surface area contributed by atoms with Gasteiger partial charge in [-0.3, -0.25) is 0 Å². The molecule has 0 fully saturated rings. The van der Waals surface area contributed by atoms with Crippen molar-refractivity contribution in [2.24, 2.45) is 0 Å². The third kappa shape index (κ3) is 7.59. The molecule has 2 rings (SSSR count). The van der Waals surface area contributed by atoms with Crippen LogP contribution in [0.15, 0.2) is 59.5 Å². The number of hydrogen-bond acceptors (Lipinski definition) is 5. The zero-order valence-electron chi connectivity index (χ0n) is 20.2. The molecule has 0 saturated carbocycles. The first-order valence-corrected chi connectivity index (χ1v) is 12.9. The zero-order valence-corrected chi connectivity index (χ0v) is 21.0. The maximum Gasteiger partial charge on any atom is 0.243 e. The Hall–Kier alpha value is -1.93. The molecule has 0 radical (unpaired) electrons. The van der Waals surface area contributed by atoms with Crippen molar-refractivity contribution in [1.82, 2.24) is 14.1 Å². The van der Waals surface area contributed by atoms with E-state index in [1.165, 1.54) is 0 Å². The molecule has 1 atom stereocenters. The summed E-state index contributed by atoms with van der Waals surface area (Å²) in [7, 11) is 0.283. The van der Waals surface area contributed by atoms with Crippen molar-refractivity contribution in [3.8, 4) is 5.75 Å². The van der Waals surface area contributed by atoms with E-state index in [4.69, 9.17) is 4.74 Å². The van der Waals surface area contributed by atoms with E-state index in [2.05, 4.69) is 18.7 Å². The van der Waals surface area contributed by atoms with Crippen LogP contribution in [0, 0.1) is 0 Å². The van der Waals surface area contributed by atoms with Crippen LogP contribution in [0.4, 0.5) is 0 Å². The van der Waals surface area contributed by atoms with Gasteiger partial charge in [0.15, 0.2) is 0 Å². The van der Waals surface area contributed by atoms with Crippen LogP contribution in [-0.2, 0) is 10.0 Å². The molecule has 2 aromatic carbocycles. The van der Waals surface area contributed by atoms with Gasteiger partial charge in [0.05, 0.1) is 11.5 Å². The molecular formula is C25H39N3O3S. The van der Waals surface area contributed by atoms with Crippen LogP contribution in [0.25, 0.3) is 0 Å². The van der Waals surface area contributed by atoms with Gasteiger partial charge >= 0.3 is 0 Å². The zero-order chi connectivity index (χ0) is 23.6. The van der Waals surface area contributed by atoms with Crippen LogP contribution in [0.3, 0.4) is 0 Å². The molecule has 0 bridgehead atoms. The van der Waals surface area contributed by atoms with Crippen molar-refractivity contribution in [3.63, 3.8) is 0 Å². The molecule has 0 N–H and O–H groups in total. The smallest absolute Gasteiger partial charge is 0.243 e. The van der Waals surface area contributed by atoms with Gasteiger partial charge in [0.1, 0.15) is 5.75 Å². The van der Waals surface area contributed by atoms with E-state index in [9.17, 15) is 8.42 Å². The highest BCUT2D eigenvalue weighted by atomic mass is 32.2. The van der Waals surface area contributed by atoms with Gasteiger partial charge in [-0.2, -0.15) is 4.31 Å². The van der Waals surface area contributed by atoms with Crippen molar-refractivity contribution in [3.05, 3.63) is 60.2 Å². The van der Waals surface area contributed by atoms with Gasteiger partial charge in [-0.15, -0.1) is 0 Å². The van der Waals surface area contributed by atoms with Crippen LogP contribution < -0.4 is 4.74 Å². The summed E-state index contributed by atoms with van der Waals surface area (Å²) in [6.07, 6.45) is 0.980. The molecular weight excluding hydrogens is 422 g/mol. The summed E-state index contributed by atoms with van der Waals surface area (Å²) in [5.41, 5.74) is 0.943. The average Bonchev–Trinajstić information content (AvgIpc) is 2.80. The normalized spacial score (nSPS) is 13.1. The van der Waals surface area contributed by atoms with Crippen molar-refractivity contribution in [2.75, 3.05) is 53.4 Å². The second-order valence-corrected chi connectivity index (χ2v) is 10.1. The van der Waals surface area contributed by atoms with Gasteiger partial charge in [0.25, 0.3) is 0 Å². The number of rotatable bonds is 14. The van der Waals surface area contributed by atoms with Gasteiger partial charge in [-0.25, -0.2) is 8.42 Å². The van der Waals surface area contributed by atoms with Crippen molar-refractivity contribution < 1.29 is 13.2 Å². The first-order valence-electron chi connectivity index (χ1n) is 11.5. The molecule has 0 saturated heterocycles. The Bertz CT molecular complexity index is 882. The SMILES string of the molecule is CCN(CC)CCCOc1ccc(C(C)N(CCN(C)C)S(=O)(=O)c2ccccc2)cc1.